The topological polar surface area (TPSA) is 83.1 Å². The van der Waals surface area contributed by atoms with E-state index in [2.05, 4.69) is 10.2 Å². The first-order valence-electron chi connectivity index (χ1n) is 8.70. The van der Waals surface area contributed by atoms with E-state index in [9.17, 15) is 13.2 Å². The molecule has 1 aliphatic heterocycles. The van der Waals surface area contributed by atoms with E-state index >= 15 is 0 Å². The van der Waals surface area contributed by atoms with Crippen LogP contribution >= 0.6 is 11.3 Å². The molecular formula is C19H19N3O3S2. The maximum Gasteiger partial charge on any atom is 0.274 e. The van der Waals surface area contributed by atoms with Gasteiger partial charge in [-0.2, -0.15) is 5.10 Å². The van der Waals surface area contributed by atoms with E-state index in [1.54, 1.807) is 22.3 Å². The van der Waals surface area contributed by atoms with Gasteiger partial charge >= 0.3 is 0 Å². The van der Waals surface area contributed by atoms with Crippen molar-refractivity contribution in [2.75, 3.05) is 18.8 Å². The molecule has 0 saturated carbocycles. The van der Waals surface area contributed by atoms with Crippen molar-refractivity contribution in [3.05, 3.63) is 65.2 Å². The third-order valence-corrected chi connectivity index (χ3v) is 7.81. The number of sulfone groups is 1. The number of H-pyrrole nitrogens is 1. The highest BCUT2D eigenvalue weighted by molar-refractivity contribution is 7.91. The van der Waals surface area contributed by atoms with Crippen LogP contribution in [0.3, 0.4) is 0 Å². The number of amides is 1. The van der Waals surface area contributed by atoms with Gasteiger partial charge in [0, 0.05) is 13.1 Å². The zero-order valence-electron chi connectivity index (χ0n) is 14.5. The van der Waals surface area contributed by atoms with E-state index in [-0.39, 0.29) is 18.2 Å². The molecule has 0 radical (unpaired) electrons. The van der Waals surface area contributed by atoms with Gasteiger partial charge < -0.3 is 4.90 Å². The Balaban J connectivity index is 1.53. The minimum atomic E-state index is -3.31. The Morgan fingerprint density at radius 2 is 1.96 bits per heavy atom. The number of carbonyl (C=O) groups is 1. The van der Waals surface area contributed by atoms with Gasteiger partial charge in [0.05, 0.1) is 21.6 Å². The molecule has 1 N–H and O–H groups in total. The zero-order valence-corrected chi connectivity index (χ0v) is 16.2. The summed E-state index contributed by atoms with van der Waals surface area (Å²) in [5.41, 5.74) is 1.89. The van der Waals surface area contributed by atoms with Crippen molar-refractivity contribution in [3.63, 3.8) is 0 Å². The number of aromatic amines is 1. The first kappa shape index (κ1) is 17.9. The van der Waals surface area contributed by atoms with E-state index in [1.165, 1.54) is 0 Å². The Kier molecular flexibility index (Phi) is 4.84. The van der Waals surface area contributed by atoms with Gasteiger partial charge in [-0.3, -0.25) is 9.89 Å². The lowest BCUT2D eigenvalue weighted by atomic mass is 10.1. The maximum absolute atomic E-state index is 12.8. The lowest BCUT2D eigenvalue weighted by Gasteiger charge is -2.18. The smallest absolute Gasteiger partial charge is 0.274 e. The van der Waals surface area contributed by atoms with Crippen LogP contribution in [0.25, 0.3) is 10.6 Å². The minimum absolute atomic E-state index is 0.0412. The first-order chi connectivity index (χ1) is 13.0. The van der Waals surface area contributed by atoms with Crippen LogP contribution in [-0.4, -0.2) is 48.3 Å². The molecule has 27 heavy (non-hydrogen) atoms. The summed E-state index contributed by atoms with van der Waals surface area (Å²) < 4.78 is 25.4. The molecule has 2 aromatic heterocycles. The van der Waals surface area contributed by atoms with Gasteiger partial charge in [0.1, 0.15) is 0 Å². The normalized spacial score (nSPS) is 19.6. The summed E-state index contributed by atoms with van der Waals surface area (Å²) in [4.78, 5) is 15.4. The fourth-order valence-electron chi connectivity index (χ4n) is 3.34. The summed E-state index contributed by atoms with van der Waals surface area (Å²) >= 11 is 1.56. The van der Waals surface area contributed by atoms with Crippen molar-refractivity contribution in [1.82, 2.24) is 15.1 Å². The molecule has 1 atom stereocenters. The molecule has 1 fully saturated rings. The van der Waals surface area contributed by atoms with Crippen LogP contribution in [0.4, 0.5) is 0 Å². The third-order valence-electron chi connectivity index (χ3n) is 4.78. The SMILES string of the molecule is O=C(c1cc(-c2cccs2)[nH]n1)N1CC[C@@H](c2ccccc2)S(=O)(=O)CC1. The summed E-state index contributed by atoms with van der Waals surface area (Å²) in [5, 5.41) is 8.41. The van der Waals surface area contributed by atoms with Gasteiger partial charge in [-0.05, 0) is 29.5 Å². The molecule has 1 aliphatic rings. The summed E-state index contributed by atoms with van der Waals surface area (Å²) in [6.07, 6.45) is 0.389. The van der Waals surface area contributed by atoms with Crippen LogP contribution in [0, 0.1) is 0 Å². The first-order valence-corrected chi connectivity index (χ1v) is 11.3. The summed E-state index contributed by atoms with van der Waals surface area (Å²) in [7, 11) is -3.31. The molecule has 0 bridgehead atoms. The highest BCUT2D eigenvalue weighted by Gasteiger charge is 2.33. The van der Waals surface area contributed by atoms with E-state index in [0.717, 1.165) is 16.1 Å². The fourth-order valence-corrected chi connectivity index (χ4v) is 5.83. The summed E-state index contributed by atoms with van der Waals surface area (Å²) in [6, 6.07) is 14.8. The van der Waals surface area contributed by atoms with E-state index in [4.69, 9.17) is 0 Å². The van der Waals surface area contributed by atoms with Gasteiger partial charge in [0.2, 0.25) is 0 Å². The standard InChI is InChI=1S/C19H19N3O3S2/c23-19(16-13-15(20-21-16)17-7-4-11-26-17)22-9-8-18(27(24,25)12-10-22)14-5-2-1-3-6-14/h1-7,11,13,18H,8-10,12H2,(H,20,21)/t18-/m0/s1. The van der Waals surface area contributed by atoms with Crippen molar-refractivity contribution in [2.45, 2.75) is 11.7 Å². The van der Waals surface area contributed by atoms with Gasteiger partial charge in [0.25, 0.3) is 5.91 Å². The number of thiophene rings is 1. The van der Waals surface area contributed by atoms with Gasteiger partial charge in [-0.15, -0.1) is 11.3 Å². The van der Waals surface area contributed by atoms with Crippen LogP contribution in [0.2, 0.25) is 0 Å². The lowest BCUT2D eigenvalue weighted by molar-refractivity contribution is 0.0760. The Morgan fingerprint density at radius 1 is 1.15 bits per heavy atom. The Hall–Kier alpha value is -2.45. The van der Waals surface area contributed by atoms with Crippen LogP contribution in [-0.2, 0) is 9.84 Å². The highest BCUT2D eigenvalue weighted by atomic mass is 32.2. The van der Waals surface area contributed by atoms with E-state index < -0.39 is 15.1 Å². The number of nitrogens with one attached hydrogen (secondary N) is 1. The Morgan fingerprint density at radius 3 is 2.70 bits per heavy atom. The maximum atomic E-state index is 12.8. The summed E-state index contributed by atoms with van der Waals surface area (Å²) in [5.74, 6) is -0.279. The molecule has 4 rings (SSSR count). The van der Waals surface area contributed by atoms with E-state index in [1.807, 2.05) is 47.8 Å². The highest BCUT2D eigenvalue weighted by Crippen LogP contribution is 2.30. The number of hydrogen-bond donors (Lipinski definition) is 1. The molecule has 3 heterocycles. The average Bonchev–Trinajstić information content (AvgIpc) is 3.33. The Bertz CT molecular complexity index is 1030. The lowest BCUT2D eigenvalue weighted by Crippen LogP contribution is -2.33. The third kappa shape index (κ3) is 3.68. The number of nitrogens with zero attached hydrogens (tertiary/aromatic N) is 2. The average molecular weight is 402 g/mol. The van der Waals surface area contributed by atoms with Crippen LogP contribution in [0.15, 0.2) is 53.9 Å². The second-order valence-corrected chi connectivity index (χ2v) is 9.74. The number of aromatic nitrogens is 2. The predicted molar refractivity (Wildman–Crippen MR) is 105 cm³/mol. The second-order valence-electron chi connectivity index (χ2n) is 6.49. The van der Waals surface area contributed by atoms with Gasteiger partial charge in [0.15, 0.2) is 15.5 Å². The second kappa shape index (κ2) is 7.28. The van der Waals surface area contributed by atoms with Gasteiger partial charge in [-0.1, -0.05) is 36.4 Å². The minimum Gasteiger partial charge on any atom is -0.336 e. The molecule has 8 heteroatoms. The molecule has 0 unspecified atom stereocenters. The number of benzene rings is 1. The number of rotatable bonds is 3. The quantitative estimate of drug-likeness (QED) is 0.731. The molecule has 3 aromatic rings. The molecule has 140 valence electrons. The molecule has 0 aliphatic carbocycles. The molecular weight excluding hydrogens is 382 g/mol. The zero-order chi connectivity index (χ0) is 18.9. The van der Waals surface area contributed by atoms with Crippen LogP contribution in [0.5, 0.6) is 0 Å². The largest absolute Gasteiger partial charge is 0.336 e. The van der Waals surface area contributed by atoms with Crippen molar-refractivity contribution < 1.29 is 13.2 Å². The predicted octanol–water partition coefficient (Wildman–Crippen LogP) is 3.14. The van der Waals surface area contributed by atoms with Crippen molar-refractivity contribution >= 4 is 27.1 Å². The molecule has 0 spiro atoms. The summed E-state index contributed by atoms with van der Waals surface area (Å²) in [6.45, 7) is 0.574. The van der Waals surface area contributed by atoms with Crippen LogP contribution < -0.4 is 0 Å². The monoisotopic (exact) mass is 401 g/mol. The van der Waals surface area contributed by atoms with Crippen molar-refractivity contribution in [2.24, 2.45) is 0 Å². The molecule has 1 saturated heterocycles. The molecule has 1 amide bonds. The Labute approximate surface area is 161 Å². The number of hydrogen-bond acceptors (Lipinski definition) is 5. The fraction of sp³-hybridized carbons (Fsp3) is 0.263. The number of carbonyl (C=O) groups excluding carboxylic acids is 1. The van der Waals surface area contributed by atoms with Crippen LogP contribution in [0.1, 0.15) is 27.7 Å². The van der Waals surface area contributed by atoms with Crippen molar-refractivity contribution in [3.8, 4) is 10.6 Å². The van der Waals surface area contributed by atoms with Crippen molar-refractivity contribution in [1.29, 1.82) is 0 Å². The molecule has 1 aromatic carbocycles. The van der Waals surface area contributed by atoms with E-state index in [0.29, 0.717) is 18.7 Å². The van der Waals surface area contributed by atoms with Gasteiger partial charge in [-0.25, -0.2) is 8.42 Å². The molecule has 6 nitrogen and oxygen atoms in total.